The van der Waals surface area contributed by atoms with E-state index in [2.05, 4.69) is 138 Å². The maximum absolute atomic E-state index is 5.19. The van der Waals surface area contributed by atoms with Gasteiger partial charge in [-0.1, -0.05) is 141 Å². The van der Waals surface area contributed by atoms with E-state index in [1.54, 1.807) is 0 Å². The van der Waals surface area contributed by atoms with Crippen LogP contribution in [0.4, 0.5) is 0 Å². The number of hydrogen-bond acceptors (Lipinski definition) is 3. The SMILES string of the molecule is CC1(C)c2ccccc2-n2c3c1cc1ccccc1c3c1ccc3c(c4ccccc4n3-c3nc(-c4ccccc4)nc(-c4ccccc4)n3)c12. The first-order chi connectivity index (χ1) is 25.1. The van der Waals surface area contributed by atoms with Crippen molar-refractivity contribution in [2.75, 3.05) is 0 Å². The summed E-state index contributed by atoms with van der Waals surface area (Å²) in [5, 5.41) is 7.44. The zero-order chi connectivity index (χ0) is 33.8. The van der Waals surface area contributed by atoms with Crippen molar-refractivity contribution in [1.29, 1.82) is 0 Å². The van der Waals surface area contributed by atoms with Crippen LogP contribution in [0.1, 0.15) is 25.0 Å². The molecule has 0 radical (unpaired) electrons. The van der Waals surface area contributed by atoms with E-state index in [0.717, 1.165) is 27.5 Å². The molecule has 0 amide bonds. The fourth-order valence-corrected chi connectivity index (χ4v) is 8.60. The molecule has 0 aliphatic carbocycles. The Morgan fingerprint density at radius 3 is 1.82 bits per heavy atom. The van der Waals surface area contributed by atoms with Crippen molar-refractivity contribution in [2.45, 2.75) is 19.3 Å². The van der Waals surface area contributed by atoms with E-state index >= 15 is 0 Å². The quantitative estimate of drug-likeness (QED) is 0.191. The van der Waals surface area contributed by atoms with E-state index < -0.39 is 0 Å². The molecule has 0 saturated carbocycles. The monoisotopic (exact) mass is 653 g/mol. The molecular weight excluding hydrogens is 623 g/mol. The Balaban J connectivity index is 1.33. The minimum atomic E-state index is -0.178. The van der Waals surface area contributed by atoms with Crippen molar-refractivity contribution in [1.82, 2.24) is 24.1 Å². The molecule has 0 unspecified atom stereocenters. The fraction of sp³-hybridized carbons (Fsp3) is 0.0652. The third-order valence-electron chi connectivity index (χ3n) is 10.9. The smallest absolute Gasteiger partial charge is 0.238 e. The van der Waals surface area contributed by atoms with Crippen molar-refractivity contribution in [3.63, 3.8) is 0 Å². The van der Waals surface area contributed by atoms with E-state index in [1.165, 1.54) is 54.8 Å². The van der Waals surface area contributed by atoms with Crippen LogP contribution in [0.2, 0.25) is 0 Å². The molecule has 0 saturated heterocycles. The summed E-state index contributed by atoms with van der Waals surface area (Å²) in [4.78, 5) is 15.4. The molecule has 5 heteroatoms. The Labute approximate surface area is 294 Å². The molecule has 51 heavy (non-hydrogen) atoms. The van der Waals surface area contributed by atoms with Gasteiger partial charge < -0.3 is 4.57 Å². The lowest BCUT2D eigenvalue weighted by Gasteiger charge is -2.35. The highest BCUT2D eigenvalue weighted by molar-refractivity contribution is 6.31. The summed E-state index contributed by atoms with van der Waals surface area (Å²) < 4.78 is 4.78. The minimum absolute atomic E-state index is 0.178. The second-order valence-corrected chi connectivity index (χ2v) is 14.1. The number of rotatable bonds is 3. The van der Waals surface area contributed by atoms with Crippen LogP contribution in [0.5, 0.6) is 0 Å². The molecule has 4 heterocycles. The molecule has 0 atom stereocenters. The fourth-order valence-electron chi connectivity index (χ4n) is 8.60. The van der Waals surface area contributed by atoms with Crippen LogP contribution < -0.4 is 0 Å². The molecule has 1 aliphatic heterocycles. The number of aromatic nitrogens is 5. The molecule has 5 nitrogen and oxygen atoms in total. The highest BCUT2D eigenvalue weighted by Gasteiger charge is 2.36. The van der Waals surface area contributed by atoms with E-state index in [9.17, 15) is 0 Å². The summed E-state index contributed by atoms with van der Waals surface area (Å²) in [6, 6.07) is 53.8. The lowest BCUT2D eigenvalue weighted by atomic mass is 9.74. The first-order valence-corrected chi connectivity index (χ1v) is 17.5. The summed E-state index contributed by atoms with van der Waals surface area (Å²) in [5.74, 6) is 1.88. The van der Waals surface area contributed by atoms with Crippen molar-refractivity contribution in [3.8, 4) is 34.4 Å². The van der Waals surface area contributed by atoms with Crippen LogP contribution in [-0.2, 0) is 5.41 Å². The molecule has 0 spiro atoms. The highest BCUT2D eigenvalue weighted by atomic mass is 15.2. The molecule has 3 aromatic heterocycles. The average Bonchev–Trinajstić information content (AvgIpc) is 3.71. The molecule has 1 aliphatic rings. The van der Waals surface area contributed by atoms with Crippen LogP contribution in [0.3, 0.4) is 0 Å². The molecule has 0 bridgehead atoms. The van der Waals surface area contributed by atoms with Crippen LogP contribution in [0.25, 0.3) is 88.8 Å². The number of para-hydroxylation sites is 2. The molecule has 0 fully saturated rings. The van der Waals surface area contributed by atoms with Gasteiger partial charge in [-0.3, -0.25) is 4.57 Å². The topological polar surface area (TPSA) is 48.5 Å². The standard InChI is InChI=1S/C46H31N5/c1-46(2)34-22-12-14-24-37(34)51-41-33(39-31-20-10-9-19-30(31)27-35(46)42(39)51)25-26-38-40(41)32-21-11-13-23-36(32)50(38)45-48-43(28-15-5-3-6-16-28)47-44(49-45)29-17-7-4-8-18-29/h3-27H,1-2H3. The molecule has 10 aromatic rings. The van der Waals surface area contributed by atoms with Gasteiger partial charge in [0.05, 0.1) is 27.8 Å². The first-order valence-electron chi connectivity index (χ1n) is 17.5. The number of hydrogen-bond donors (Lipinski definition) is 0. The van der Waals surface area contributed by atoms with Crippen LogP contribution in [0.15, 0.2) is 152 Å². The maximum atomic E-state index is 5.19. The number of nitrogens with zero attached hydrogens (tertiary/aromatic N) is 5. The average molecular weight is 654 g/mol. The second-order valence-electron chi connectivity index (χ2n) is 14.1. The van der Waals surface area contributed by atoms with Gasteiger partial charge in [0.15, 0.2) is 11.6 Å². The van der Waals surface area contributed by atoms with Crippen LogP contribution in [-0.4, -0.2) is 24.1 Å². The van der Waals surface area contributed by atoms with Gasteiger partial charge in [0.1, 0.15) is 0 Å². The van der Waals surface area contributed by atoms with Crippen LogP contribution >= 0.6 is 0 Å². The minimum Gasteiger partial charge on any atom is -0.308 e. The van der Waals surface area contributed by atoms with Gasteiger partial charge in [-0.05, 0) is 46.2 Å². The van der Waals surface area contributed by atoms with E-state index in [-0.39, 0.29) is 5.41 Å². The maximum Gasteiger partial charge on any atom is 0.238 e. The predicted molar refractivity (Wildman–Crippen MR) is 209 cm³/mol. The Hall–Kier alpha value is -6.59. The van der Waals surface area contributed by atoms with Gasteiger partial charge in [-0.25, -0.2) is 4.98 Å². The van der Waals surface area contributed by atoms with Crippen molar-refractivity contribution in [2.24, 2.45) is 0 Å². The summed E-state index contributed by atoms with van der Waals surface area (Å²) in [5.41, 5.74) is 10.2. The number of benzene rings is 7. The summed E-state index contributed by atoms with van der Waals surface area (Å²) in [7, 11) is 0. The summed E-state index contributed by atoms with van der Waals surface area (Å²) >= 11 is 0. The van der Waals surface area contributed by atoms with Gasteiger partial charge in [0.25, 0.3) is 0 Å². The zero-order valence-electron chi connectivity index (χ0n) is 28.2. The highest BCUT2D eigenvalue weighted by Crippen LogP contribution is 2.51. The largest absolute Gasteiger partial charge is 0.308 e. The van der Waals surface area contributed by atoms with Gasteiger partial charge >= 0.3 is 0 Å². The lowest BCUT2D eigenvalue weighted by molar-refractivity contribution is 0.631. The van der Waals surface area contributed by atoms with Gasteiger partial charge in [0, 0.05) is 38.1 Å². The molecule has 0 N–H and O–H groups in total. The van der Waals surface area contributed by atoms with E-state index in [1.807, 2.05) is 36.4 Å². The van der Waals surface area contributed by atoms with Crippen molar-refractivity contribution >= 4 is 54.4 Å². The Bertz CT molecular complexity index is 2980. The van der Waals surface area contributed by atoms with E-state index in [0.29, 0.717) is 17.6 Å². The van der Waals surface area contributed by atoms with Gasteiger partial charge in [-0.15, -0.1) is 0 Å². The Morgan fingerprint density at radius 1 is 0.451 bits per heavy atom. The molecule has 240 valence electrons. The van der Waals surface area contributed by atoms with Crippen LogP contribution in [0, 0.1) is 0 Å². The van der Waals surface area contributed by atoms with Crippen molar-refractivity contribution in [3.05, 3.63) is 163 Å². The van der Waals surface area contributed by atoms with Gasteiger partial charge in [-0.2, -0.15) is 9.97 Å². The Morgan fingerprint density at radius 2 is 1.08 bits per heavy atom. The number of fused-ring (bicyclic) bond motifs is 11. The lowest BCUT2D eigenvalue weighted by Crippen LogP contribution is -2.26. The summed E-state index contributed by atoms with van der Waals surface area (Å²) in [6.07, 6.45) is 0. The first kappa shape index (κ1) is 28.3. The predicted octanol–water partition coefficient (Wildman–Crippen LogP) is 11.2. The molecule has 7 aromatic carbocycles. The molecule has 11 rings (SSSR count). The molecular formula is C46H31N5. The third kappa shape index (κ3) is 3.83. The zero-order valence-corrected chi connectivity index (χ0v) is 28.2. The van der Waals surface area contributed by atoms with Gasteiger partial charge in [0.2, 0.25) is 5.95 Å². The van der Waals surface area contributed by atoms with E-state index in [4.69, 9.17) is 15.0 Å². The van der Waals surface area contributed by atoms with Crippen molar-refractivity contribution < 1.29 is 0 Å². The Kier molecular flexibility index (Phi) is 5.66. The summed E-state index contributed by atoms with van der Waals surface area (Å²) in [6.45, 7) is 4.74. The third-order valence-corrected chi connectivity index (χ3v) is 10.9. The second kappa shape index (κ2) is 10.2. The normalized spacial score (nSPS) is 13.5.